The summed E-state index contributed by atoms with van der Waals surface area (Å²) < 4.78 is 10.2. The van der Waals surface area contributed by atoms with Gasteiger partial charge < -0.3 is 14.8 Å². The molecule has 0 aromatic heterocycles. The third kappa shape index (κ3) is 5.42. The lowest BCUT2D eigenvalue weighted by atomic mass is 10.1. The summed E-state index contributed by atoms with van der Waals surface area (Å²) in [4.78, 5) is 24.7. The molecule has 2 aromatic rings. The first-order valence-corrected chi connectivity index (χ1v) is 8.28. The predicted molar refractivity (Wildman–Crippen MR) is 102 cm³/mol. The number of amides is 1. The number of nitrogens with one attached hydrogen (secondary N) is 1. The second-order valence-corrected chi connectivity index (χ2v) is 6.16. The molecule has 0 aliphatic rings. The summed E-state index contributed by atoms with van der Waals surface area (Å²) in [6.45, 7) is 2.47. The van der Waals surface area contributed by atoms with Crippen molar-refractivity contribution in [2.45, 2.75) is 13.5 Å². The molecule has 8 heteroatoms. The van der Waals surface area contributed by atoms with E-state index in [0.717, 1.165) is 11.3 Å². The lowest BCUT2D eigenvalue weighted by Crippen LogP contribution is -2.30. The van der Waals surface area contributed by atoms with Crippen LogP contribution < -0.4 is 14.8 Å². The highest BCUT2D eigenvalue weighted by Gasteiger charge is 2.18. The Balaban J connectivity index is 2.00. The average Bonchev–Trinajstić information content (AvgIpc) is 2.63. The van der Waals surface area contributed by atoms with Crippen molar-refractivity contribution in [3.05, 3.63) is 57.6 Å². The molecule has 0 spiro atoms. The lowest BCUT2D eigenvalue weighted by Gasteiger charge is -2.17. The number of nitrogens with zero attached hydrogens (tertiary/aromatic N) is 2. The number of benzene rings is 2. The fourth-order valence-electron chi connectivity index (χ4n) is 2.65. The number of carbonyl (C=O) groups is 1. The Morgan fingerprint density at radius 3 is 2.41 bits per heavy atom. The molecule has 2 aromatic carbocycles. The van der Waals surface area contributed by atoms with E-state index in [1.165, 1.54) is 19.2 Å². The summed E-state index contributed by atoms with van der Waals surface area (Å²) in [5.74, 6) is 0.666. The molecule has 0 saturated heterocycles. The fourth-order valence-corrected chi connectivity index (χ4v) is 2.65. The van der Waals surface area contributed by atoms with Crippen LogP contribution in [-0.4, -0.2) is 43.5 Å². The Hall–Kier alpha value is -3.13. The van der Waals surface area contributed by atoms with Gasteiger partial charge in [-0.15, -0.1) is 0 Å². The maximum atomic E-state index is 12.3. The maximum absolute atomic E-state index is 12.3. The summed E-state index contributed by atoms with van der Waals surface area (Å²) in [5.41, 5.74) is 2.00. The van der Waals surface area contributed by atoms with E-state index in [2.05, 4.69) is 5.32 Å². The number of hydrogen-bond donors (Lipinski definition) is 1. The van der Waals surface area contributed by atoms with Crippen molar-refractivity contribution < 1.29 is 19.2 Å². The number of rotatable bonds is 8. The molecule has 2 rings (SSSR count). The molecule has 0 aliphatic carbocycles. The highest BCUT2D eigenvalue weighted by molar-refractivity contribution is 5.93. The van der Waals surface area contributed by atoms with E-state index in [1.807, 2.05) is 36.2 Å². The monoisotopic (exact) mass is 373 g/mol. The van der Waals surface area contributed by atoms with E-state index >= 15 is 0 Å². The Morgan fingerprint density at radius 1 is 1.19 bits per heavy atom. The molecule has 0 atom stereocenters. The topological polar surface area (TPSA) is 93.9 Å². The third-order valence-corrected chi connectivity index (χ3v) is 4.02. The van der Waals surface area contributed by atoms with Gasteiger partial charge in [0.25, 0.3) is 0 Å². The first-order valence-electron chi connectivity index (χ1n) is 8.28. The molecule has 0 radical (unpaired) electrons. The average molecular weight is 373 g/mol. The van der Waals surface area contributed by atoms with Crippen molar-refractivity contribution in [3.63, 3.8) is 0 Å². The summed E-state index contributed by atoms with van der Waals surface area (Å²) in [7, 11) is 4.81. The Morgan fingerprint density at radius 2 is 1.85 bits per heavy atom. The van der Waals surface area contributed by atoms with Crippen LogP contribution in [0.1, 0.15) is 11.1 Å². The Bertz CT molecular complexity index is 821. The first-order chi connectivity index (χ1) is 12.8. The molecule has 8 nitrogen and oxygen atoms in total. The van der Waals surface area contributed by atoms with E-state index in [9.17, 15) is 14.9 Å². The van der Waals surface area contributed by atoms with Gasteiger partial charge in [-0.05, 0) is 37.2 Å². The number of hydrogen-bond acceptors (Lipinski definition) is 6. The summed E-state index contributed by atoms with van der Waals surface area (Å²) in [6, 6.07) is 10.5. The number of methoxy groups -OCH3 is 2. The van der Waals surface area contributed by atoms with Gasteiger partial charge in [-0.1, -0.05) is 12.1 Å². The van der Waals surface area contributed by atoms with Crippen LogP contribution in [0.4, 0.5) is 11.4 Å². The molecule has 0 saturated carbocycles. The number of nitro benzene ring substituents is 1. The highest BCUT2D eigenvalue weighted by atomic mass is 16.6. The van der Waals surface area contributed by atoms with Crippen LogP contribution in [-0.2, 0) is 11.3 Å². The molecule has 0 unspecified atom stereocenters. The minimum Gasteiger partial charge on any atom is -0.497 e. The van der Waals surface area contributed by atoms with Crippen LogP contribution in [0.15, 0.2) is 36.4 Å². The molecule has 0 fully saturated rings. The van der Waals surface area contributed by atoms with Gasteiger partial charge in [0.2, 0.25) is 5.91 Å². The lowest BCUT2D eigenvalue weighted by molar-refractivity contribution is -0.385. The van der Waals surface area contributed by atoms with Crippen LogP contribution >= 0.6 is 0 Å². The van der Waals surface area contributed by atoms with E-state index in [1.54, 1.807) is 14.0 Å². The number of nitro groups is 1. The van der Waals surface area contributed by atoms with Crippen molar-refractivity contribution in [1.82, 2.24) is 4.90 Å². The van der Waals surface area contributed by atoms with E-state index in [-0.39, 0.29) is 23.9 Å². The predicted octanol–water partition coefficient (Wildman–Crippen LogP) is 2.99. The second kappa shape index (κ2) is 9.00. The number of likely N-dealkylation sites (N-methyl/N-ethyl adjacent to an activating group) is 1. The molecule has 1 N–H and O–H groups in total. The van der Waals surface area contributed by atoms with Crippen LogP contribution in [0.3, 0.4) is 0 Å². The van der Waals surface area contributed by atoms with Crippen molar-refractivity contribution in [1.29, 1.82) is 0 Å². The molecule has 0 heterocycles. The van der Waals surface area contributed by atoms with Gasteiger partial charge in [0.05, 0.1) is 25.7 Å². The van der Waals surface area contributed by atoms with E-state index < -0.39 is 4.92 Å². The van der Waals surface area contributed by atoms with Gasteiger partial charge in [-0.25, -0.2) is 0 Å². The molecular weight excluding hydrogens is 350 g/mol. The molecule has 0 aliphatic heterocycles. The van der Waals surface area contributed by atoms with Crippen molar-refractivity contribution >= 4 is 17.3 Å². The third-order valence-electron chi connectivity index (χ3n) is 4.02. The van der Waals surface area contributed by atoms with Gasteiger partial charge in [0.1, 0.15) is 5.75 Å². The van der Waals surface area contributed by atoms with E-state index in [0.29, 0.717) is 17.8 Å². The summed E-state index contributed by atoms with van der Waals surface area (Å²) >= 11 is 0. The standard InChI is InChI=1S/C19H23N3O5/c1-13-9-17(22(24)25)18(27-4)10-16(13)20-19(23)12-21(2)11-14-5-7-15(26-3)8-6-14/h5-10H,11-12H2,1-4H3,(H,20,23). The Kier molecular flexibility index (Phi) is 6.73. The van der Waals surface area contributed by atoms with Crippen molar-refractivity contribution in [2.75, 3.05) is 33.1 Å². The molecule has 144 valence electrons. The van der Waals surface area contributed by atoms with Crippen LogP contribution in [0.2, 0.25) is 0 Å². The molecule has 0 bridgehead atoms. The van der Waals surface area contributed by atoms with Crippen molar-refractivity contribution in [2.24, 2.45) is 0 Å². The number of ether oxygens (including phenoxy) is 2. The maximum Gasteiger partial charge on any atom is 0.311 e. The zero-order valence-electron chi connectivity index (χ0n) is 15.8. The number of carbonyl (C=O) groups excluding carboxylic acids is 1. The van der Waals surface area contributed by atoms with Crippen LogP contribution in [0.5, 0.6) is 11.5 Å². The minimum absolute atomic E-state index is 0.104. The summed E-state index contributed by atoms with van der Waals surface area (Å²) in [6.07, 6.45) is 0. The normalized spacial score (nSPS) is 10.6. The zero-order valence-corrected chi connectivity index (χ0v) is 15.8. The minimum atomic E-state index is -0.514. The summed E-state index contributed by atoms with van der Waals surface area (Å²) in [5, 5.41) is 13.8. The van der Waals surface area contributed by atoms with Gasteiger partial charge in [0, 0.05) is 24.4 Å². The van der Waals surface area contributed by atoms with Crippen molar-refractivity contribution in [3.8, 4) is 11.5 Å². The van der Waals surface area contributed by atoms with Gasteiger partial charge in [-0.2, -0.15) is 0 Å². The second-order valence-electron chi connectivity index (χ2n) is 6.16. The smallest absolute Gasteiger partial charge is 0.311 e. The zero-order chi connectivity index (χ0) is 20.0. The van der Waals surface area contributed by atoms with Crippen LogP contribution in [0.25, 0.3) is 0 Å². The van der Waals surface area contributed by atoms with E-state index in [4.69, 9.17) is 9.47 Å². The SMILES string of the molecule is COc1ccc(CN(C)CC(=O)Nc2cc(OC)c([N+](=O)[O-])cc2C)cc1. The fraction of sp³-hybridized carbons (Fsp3) is 0.316. The van der Waals surface area contributed by atoms with Gasteiger partial charge >= 0.3 is 5.69 Å². The Labute approximate surface area is 157 Å². The largest absolute Gasteiger partial charge is 0.497 e. The molecule has 27 heavy (non-hydrogen) atoms. The number of aryl methyl sites for hydroxylation is 1. The first kappa shape index (κ1) is 20.2. The quantitative estimate of drug-likeness (QED) is 0.565. The highest BCUT2D eigenvalue weighted by Crippen LogP contribution is 2.32. The number of anilines is 1. The molecular formula is C19H23N3O5. The molecule has 1 amide bonds. The van der Waals surface area contributed by atoms with Gasteiger partial charge in [0.15, 0.2) is 5.75 Å². The van der Waals surface area contributed by atoms with Crippen LogP contribution in [0, 0.1) is 17.0 Å². The van der Waals surface area contributed by atoms with Gasteiger partial charge in [-0.3, -0.25) is 19.8 Å².